The number of rotatable bonds is 4. The average molecular weight is 185 g/mol. The molecule has 68 valence electrons. The molecule has 0 aliphatic carbocycles. The Labute approximate surface area is 82.6 Å². The van der Waals surface area contributed by atoms with Crippen LogP contribution in [-0.2, 0) is 16.0 Å². The monoisotopic (exact) mass is 185 g/mol. The predicted molar refractivity (Wildman–Crippen MR) is 53.7 cm³/mol. The third-order valence-electron chi connectivity index (χ3n) is 1.71. The Hall–Kier alpha value is -2.01. The minimum atomic E-state index is -0.0529. The first-order valence-corrected chi connectivity index (χ1v) is 4.12. The second kappa shape index (κ2) is 4.88. The molecule has 0 amide bonds. The van der Waals surface area contributed by atoms with E-state index in [1.54, 1.807) is 30.6 Å². The molecule has 0 unspecified atom stereocenters. The van der Waals surface area contributed by atoms with Crippen molar-refractivity contribution in [1.29, 1.82) is 0 Å². The topological polar surface area (TPSA) is 34.1 Å². The molecular formula is C12H9O2+. The first-order chi connectivity index (χ1) is 6.76. The number of ketones is 1. The minimum absolute atomic E-state index is 0.0529. The van der Waals surface area contributed by atoms with Crippen molar-refractivity contribution in [3.05, 3.63) is 53.8 Å². The number of hydrogen-bond donors (Lipinski definition) is 0. The van der Waals surface area contributed by atoms with Gasteiger partial charge < -0.3 is 0 Å². The molecule has 0 aromatic heterocycles. The molecule has 0 aliphatic rings. The van der Waals surface area contributed by atoms with Gasteiger partial charge in [0, 0.05) is 24.6 Å². The number of carbonyl (C=O) groups is 1. The molecule has 0 aliphatic heterocycles. The van der Waals surface area contributed by atoms with Crippen LogP contribution in [0, 0.1) is 0 Å². The van der Waals surface area contributed by atoms with Gasteiger partial charge in [0.1, 0.15) is 0 Å². The summed E-state index contributed by atoms with van der Waals surface area (Å²) in [7, 11) is 0. The Kier molecular flexibility index (Phi) is 3.51. The molecule has 1 rings (SSSR count). The Morgan fingerprint density at radius 2 is 2.07 bits per heavy atom. The zero-order chi connectivity index (χ0) is 10.4. The lowest BCUT2D eigenvalue weighted by atomic mass is 10.1. The maximum absolute atomic E-state index is 11.1. The van der Waals surface area contributed by atoms with E-state index < -0.39 is 0 Å². The molecule has 0 N–H and O–H groups in total. The molecule has 14 heavy (non-hydrogen) atoms. The quantitative estimate of drug-likeness (QED) is 0.405. The average Bonchev–Trinajstić information content (AvgIpc) is 2.19. The van der Waals surface area contributed by atoms with Crippen LogP contribution in [0.5, 0.6) is 0 Å². The molecule has 2 heteroatoms. The number of carbonyl (C=O) groups excluding carboxylic acids is 2. The van der Waals surface area contributed by atoms with Crippen molar-refractivity contribution in [2.24, 2.45) is 0 Å². The van der Waals surface area contributed by atoms with Gasteiger partial charge in [-0.1, -0.05) is 6.58 Å². The van der Waals surface area contributed by atoms with Crippen molar-refractivity contribution in [2.75, 3.05) is 0 Å². The fourth-order valence-electron chi connectivity index (χ4n) is 1.06. The molecule has 2 nitrogen and oxygen atoms in total. The summed E-state index contributed by atoms with van der Waals surface area (Å²) in [6, 6.07) is 6.73. The lowest BCUT2D eigenvalue weighted by Crippen LogP contribution is -1.97. The van der Waals surface area contributed by atoms with Crippen LogP contribution >= 0.6 is 0 Å². The van der Waals surface area contributed by atoms with Crippen LogP contribution in [0.15, 0.2) is 42.7 Å². The molecule has 0 saturated carbocycles. The number of allylic oxidation sites excluding steroid dienone is 1. The maximum atomic E-state index is 11.1. The van der Waals surface area contributed by atoms with Gasteiger partial charge in [-0.3, -0.25) is 4.79 Å². The standard InChI is InChI=1S/C12H9O2/c1-2-3-12(14)8-10-4-6-11(9-13)7-5-10/h3-7H,1,8H2/q+1. The van der Waals surface area contributed by atoms with Gasteiger partial charge >= 0.3 is 6.29 Å². The second-order valence-corrected chi connectivity index (χ2v) is 2.79. The molecule has 1 aromatic rings. The third kappa shape index (κ3) is 2.80. The highest BCUT2D eigenvalue weighted by Crippen LogP contribution is 2.03. The summed E-state index contributed by atoms with van der Waals surface area (Å²) in [4.78, 5) is 21.4. The van der Waals surface area contributed by atoms with Crippen molar-refractivity contribution in [3.8, 4) is 0 Å². The Balaban J connectivity index is 2.73. The smallest absolute Gasteiger partial charge is 0.294 e. The third-order valence-corrected chi connectivity index (χ3v) is 1.71. The van der Waals surface area contributed by atoms with Crippen molar-refractivity contribution in [3.63, 3.8) is 0 Å². The van der Waals surface area contributed by atoms with Gasteiger partial charge in [0.05, 0.1) is 12.1 Å². The largest absolute Gasteiger partial charge is 0.303 e. The van der Waals surface area contributed by atoms with Gasteiger partial charge in [0.2, 0.25) is 5.56 Å². The summed E-state index contributed by atoms with van der Waals surface area (Å²) in [5.74, 6) is -0.0529. The normalized spacial score (nSPS) is 8.57. The zero-order valence-electron chi connectivity index (χ0n) is 7.62. The van der Waals surface area contributed by atoms with Gasteiger partial charge in [-0.25, -0.2) is 0 Å². The van der Waals surface area contributed by atoms with E-state index in [-0.39, 0.29) is 5.78 Å². The Morgan fingerprint density at radius 1 is 1.43 bits per heavy atom. The van der Waals surface area contributed by atoms with E-state index in [4.69, 9.17) is 0 Å². The van der Waals surface area contributed by atoms with Gasteiger partial charge in [0.25, 0.3) is 0 Å². The molecule has 0 fully saturated rings. The molecule has 0 heterocycles. The highest BCUT2D eigenvalue weighted by Gasteiger charge is 2.04. The Morgan fingerprint density at radius 3 is 2.57 bits per heavy atom. The Bertz CT molecular complexity index is 381. The summed E-state index contributed by atoms with van der Waals surface area (Å²) in [6.07, 6.45) is 3.38. The van der Waals surface area contributed by atoms with E-state index in [1.165, 1.54) is 6.08 Å². The predicted octanol–water partition coefficient (Wildman–Crippen LogP) is 1.60. The van der Waals surface area contributed by atoms with Crippen LogP contribution < -0.4 is 0 Å². The SMILES string of the molecule is C=C=CC(=O)Cc1ccc([C+]=O)cc1. The summed E-state index contributed by atoms with van der Waals surface area (Å²) >= 11 is 0. The van der Waals surface area contributed by atoms with Crippen molar-refractivity contribution >= 4 is 12.1 Å². The highest BCUT2D eigenvalue weighted by atomic mass is 16.1. The van der Waals surface area contributed by atoms with E-state index >= 15 is 0 Å². The zero-order valence-corrected chi connectivity index (χ0v) is 7.62. The summed E-state index contributed by atoms with van der Waals surface area (Å²) in [6.45, 7) is 3.32. The van der Waals surface area contributed by atoms with Gasteiger partial charge in [-0.15, -0.1) is 10.5 Å². The molecule has 0 bridgehead atoms. The summed E-state index contributed by atoms with van der Waals surface area (Å²) in [5.41, 5.74) is 3.77. The first-order valence-electron chi connectivity index (χ1n) is 4.12. The summed E-state index contributed by atoms with van der Waals surface area (Å²) in [5, 5.41) is 0. The van der Waals surface area contributed by atoms with Crippen LogP contribution in [0.3, 0.4) is 0 Å². The molecule has 1 aromatic carbocycles. The number of hydrogen-bond acceptors (Lipinski definition) is 2. The fourth-order valence-corrected chi connectivity index (χ4v) is 1.06. The van der Waals surface area contributed by atoms with E-state index in [9.17, 15) is 9.59 Å². The van der Waals surface area contributed by atoms with Crippen molar-refractivity contribution in [2.45, 2.75) is 6.42 Å². The minimum Gasteiger partial charge on any atom is -0.294 e. The molecule has 0 saturated heterocycles. The van der Waals surface area contributed by atoms with Crippen molar-refractivity contribution in [1.82, 2.24) is 0 Å². The van der Waals surface area contributed by atoms with E-state index in [0.29, 0.717) is 12.0 Å². The van der Waals surface area contributed by atoms with Gasteiger partial charge in [0.15, 0.2) is 5.78 Å². The highest BCUT2D eigenvalue weighted by molar-refractivity contribution is 5.91. The van der Waals surface area contributed by atoms with E-state index in [0.717, 1.165) is 5.56 Å². The second-order valence-electron chi connectivity index (χ2n) is 2.79. The first kappa shape index (κ1) is 10.1. The lowest BCUT2D eigenvalue weighted by Gasteiger charge is -1.92. The van der Waals surface area contributed by atoms with Crippen LogP contribution in [0.25, 0.3) is 0 Å². The molecule has 0 atom stereocenters. The van der Waals surface area contributed by atoms with E-state index in [1.807, 2.05) is 0 Å². The van der Waals surface area contributed by atoms with Gasteiger partial charge in [-0.05, 0) is 5.56 Å². The van der Waals surface area contributed by atoms with Crippen molar-refractivity contribution < 1.29 is 9.59 Å². The van der Waals surface area contributed by atoms with E-state index in [2.05, 4.69) is 12.3 Å². The number of benzene rings is 1. The van der Waals surface area contributed by atoms with Crippen LogP contribution in [0.4, 0.5) is 0 Å². The van der Waals surface area contributed by atoms with Crippen LogP contribution in [-0.4, -0.2) is 12.1 Å². The summed E-state index contributed by atoms with van der Waals surface area (Å²) < 4.78 is 0. The molecule has 0 spiro atoms. The van der Waals surface area contributed by atoms with Crippen LogP contribution in [0.2, 0.25) is 0 Å². The fraction of sp³-hybridized carbons (Fsp3) is 0.0833. The molecule has 0 radical (unpaired) electrons. The maximum Gasteiger partial charge on any atom is 0.303 e. The van der Waals surface area contributed by atoms with Gasteiger partial charge in [-0.2, -0.15) is 0 Å². The molecular weight excluding hydrogens is 176 g/mol. The lowest BCUT2D eigenvalue weighted by molar-refractivity contribution is -0.114. The van der Waals surface area contributed by atoms with Crippen LogP contribution in [0.1, 0.15) is 11.1 Å².